The second-order valence-electron chi connectivity index (χ2n) is 7.70. The number of likely N-dealkylation sites (tertiary alicyclic amines) is 1. The first-order valence-corrected chi connectivity index (χ1v) is 11.2. The third-order valence-corrected chi connectivity index (χ3v) is 6.90. The van der Waals surface area contributed by atoms with Crippen LogP contribution in [0.15, 0.2) is 25.0 Å². The van der Waals surface area contributed by atoms with Crippen LogP contribution >= 0.6 is 11.3 Å². The smallest absolute Gasteiger partial charge is 0.224 e. The summed E-state index contributed by atoms with van der Waals surface area (Å²) in [6.45, 7) is 3.18. The van der Waals surface area contributed by atoms with E-state index >= 15 is 0 Å². The molecule has 166 valence electrons. The fourth-order valence-corrected chi connectivity index (χ4v) is 4.96. The molecule has 1 amide bonds. The average Bonchev–Trinajstić information content (AvgIpc) is 3.50. The molecule has 32 heavy (non-hydrogen) atoms. The van der Waals surface area contributed by atoms with Crippen molar-refractivity contribution in [2.75, 3.05) is 30.7 Å². The number of hydrogen-bond acceptors (Lipinski definition) is 10. The van der Waals surface area contributed by atoms with Gasteiger partial charge in [-0.3, -0.25) is 4.79 Å². The monoisotopic (exact) mass is 453 g/mol. The van der Waals surface area contributed by atoms with Crippen LogP contribution in [0.2, 0.25) is 0 Å². The first-order valence-electron chi connectivity index (χ1n) is 10.4. The van der Waals surface area contributed by atoms with Gasteiger partial charge in [0.2, 0.25) is 5.91 Å². The van der Waals surface area contributed by atoms with Crippen LogP contribution in [0.5, 0.6) is 0 Å². The predicted octanol–water partition coefficient (Wildman–Crippen LogP) is 1.22. The molecule has 4 aromatic rings. The van der Waals surface area contributed by atoms with Crippen LogP contribution in [0, 0.1) is 0 Å². The normalized spacial score (nSPS) is 18.6. The zero-order valence-corrected chi connectivity index (χ0v) is 18.3. The van der Waals surface area contributed by atoms with Gasteiger partial charge in [-0.15, -0.1) is 11.3 Å². The number of nitrogens with two attached hydrogens (primary N) is 1. The van der Waals surface area contributed by atoms with Gasteiger partial charge in [0, 0.05) is 30.9 Å². The van der Waals surface area contributed by atoms with Gasteiger partial charge >= 0.3 is 0 Å². The number of imidazole rings is 1. The zero-order chi connectivity index (χ0) is 22.2. The third-order valence-electron chi connectivity index (χ3n) is 5.72. The van der Waals surface area contributed by atoms with Crippen molar-refractivity contribution in [1.82, 2.24) is 34.4 Å². The lowest BCUT2D eigenvalue weighted by Crippen LogP contribution is -2.31. The standard InChI is InChI=1S/C20H23N9O2S/c1-2-11-5-12-18(24-9-26-20(12)32-11)22-4-3-15(31)28-6-13(14(30)7-28)29-10-27-16-17(21)23-8-25-19(16)29/h5,8-10,13-14,30H,2-4,6-7H2,1H3,(H2,21,23,25)(H,22,24,26)/t13-,14-/m1/s1. The summed E-state index contributed by atoms with van der Waals surface area (Å²) in [6, 6.07) is 1.75. The number of aromatic nitrogens is 6. The highest BCUT2D eigenvalue weighted by Crippen LogP contribution is 2.29. The van der Waals surface area contributed by atoms with Gasteiger partial charge in [0.05, 0.1) is 23.9 Å². The Hall–Kier alpha value is -3.38. The number of nitrogens with one attached hydrogen (secondary N) is 1. The number of aliphatic hydroxyl groups excluding tert-OH is 1. The molecule has 0 aliphatic carbocycles. The van der Waals surface area contributed by atoms with E-state index < -0.39 is 6.10 Å². The molecule has 0 aromatic carbocycles. The summed E-state index contributed by atoms with van der Waals surface area (Å²) in [6.07, 6.45) is 5.01. The minimum atomic E-state index is -0.722. The predicted molar refractivity (Wildman–Crippen MR) is 121 cm³/mol. The van der Waals surface area contributed by atoms with E-state index in [4.69, 9.17) is 5.73 Å². The second kappa shape index (κ2) is 8.28. The number of rotatable bonds is 6. The molecule has 4 N–H and O–H groups in total. The molecule has 2 atom stereocenters. The van der Waals surface area contributed by atoms with Crippen LogP contribution in [-0.2, 0) is 11.2 Å². The molecule has 12 heteroatoms. The summed E-state index contributed by atoms with van der Waals surface area (Å²) < 4.78 is 1.77. The maximum Gasteiger partial charge on any atom is 0.224 e. The minimum absolute atomic E-state index is 0.0394. The SMILES string of the molecule is CCc1cc2c(NCCC(=O)N3C[C@@H](O)[C@H](n4cnc5c(N)ncnc54)C3)ncnc2s1. The van der Waals surface area contributed by atoms with Crippen molar-refractivity contribution < 1.29 is 9.90 Å². The number of thiophene rings is 1. The molecule has 0 spiro atoms. The van der Waals surface area contributed by atoms with E-state index in [9.17, 15) is 9.90 Å². The molecule has 1 saturated heterocycles. The topological polar surface area (TPSA) is 148 Å². The number of β-amino-alcohol motifs (C(OH)–C–C–N with tert-alkyl or cyclic N) is 1. The molecule has 1 aliphatic rings. The Morgan fingerprint density at radius 1 is 1.25 bits per heavy atom. The molecule has 4 aromatic heterocycles. The Bertz CT molecular complexity index is 1290. The van der Waals surface area contributed by atoms with Gasteiger partial charge in [-0.2, -0.15) is 0 Å². The number of nitrogen functional groups attached to an aromatic ring is 1. The molecule has 0 bridgehead atoms. The van der Waals surface area contributed by atoms with Crippen molar-refractivity contribution in [2.45, 2.75) is 31.9 Å². The van der Waals surface area contributed by atoms with Crippen molar-refractivity contribution in [3.8, 4) is 0 Å². The molecule has 5 rings (SSSR count). The first-order chi connectivity index (χ1) is 15.5. The summed E-state index contributed by atoms with van der Waals surface area (Å²) in [7, 11) is 0. The summed E-state index contributed by atoms with van der Waals surface area (Å²) in [5.74, 6) is 0.985. The Morgan fingerprint density at radius 2 is 2.09 bits per heavy atom. The quantitative estimate of drug-likeness (QED) is 0.392. The van der Waals surface area contributed by atoms with Crippen LogP contribution in [0.4, 0.5) is 11.6 Å². The van der Waals surface area contributed by atoms with E-state index in [2.05, 4.69) is 43.2 Å². The van der Waals surface area contributed by atoms with Crippen LogP contribution in [0.25, 0.3) is 21.4 Å². The molecular weight excluding hydrogens is 430 g/mol. The lowest BCUT2D eigenvalue weighted by atomic mass is 10.2. The molecule has 0 unspecified atom stereocenters. The van der Waals surface area contributed by atoms with Gasteiger partial charge in [0.1, 0.15) is 28.8 Å². The van der Waals surface area contributed by atoms with Gasteiger partial charge in [-0.25, -0.2) is 24.9 Å². The number of fused-ring (bicyclic) bond motifs is 2. The van der Waals surface area contributed by atoms with Crippen LogP contribution < -0.4 is 11.1 Å². The fourth-order valence-electron chi connectivity index (χ4n) is 4.03. The van der Waals surface area contributed by atoms with Gasteiger partial charge in [-0.1, -0.05) is 6.92 Å². The minimum Gasteiger partial charge on any atom is -0.389 e. The maximum absolute atomic E-state index is 12.8. The van der Waals surface area contributed by atoms with Crippen molar-refractivity contribution in [3.05, 3.63) is 29.9 Å². The van der Waals surface area contributed by atoms with E-state index in [1.807, 2.05) is 0 Å². The second-order valence-corrected chi connectivity index (χ2v) is 8.82. The summed E-state index contributed by atoms with van der Waals surface area (Å²) in [4.78, 5) is 37.8. The molecule has 1 fully saturated rings. The highest BCUT2D eigenvalue weighted by atomic mass is 32.1. The first kappa shape index (κ1) is 20.5. The van der Waals surface area contributed by atoms with Crippen molar-refractivity contribution >= 4 is 50.3 Å². The van der Waals surface area contributed by atoms with Crippen molar-refractivity contribution in [2.24, 2.45) is 0 Å². The van der Waals surface area contributed by atoms with Gasteiger partial charge < -0.3 is 25.6 Å². The zero-order valence-electron chi connectivity index (χ0n) is 17.5. The number of aliphatic hydroxyl groups is 1. The molecule has 0 saturated carbocycles. The molecule has 11 nitrogen and oxygen atoms in total. The maximum atomic E-state index is 12.8. The molecule has 1 aliphatic heterocycles. The molecule has 0 radical (unpaired) electrons. The van der Waals surface area contributed by atoms with E-state index in [0.29, 0.717) is 24.3 Å². The van der Waals surface area contributed by atoms with E-state index in [0.717, 1.165) is 22.5 Å². The Morgan fingerprint density at radius 3 is 2.94 bits per heavy atom. The van der Waals surface area contributed by atoms with Gasteiger partial charge in [0.25, 0.3) is 0 Å². The number of aryl methyl sites for hydroxylation is 1. The number of carbonyl (C=O) groups excluding carboxylic acids is 1. The summed E-state index contributed by atoms with van der Waals surface area (Å²) >= 11 is 1.65. The Labute approximate surface area is 187 Å². The summed E-state index contributed by atoms with van der Waals surface area (Å²) in [5.41, 5.74) is 6.89. The third kappa shape index (κ3) is 3.60. The number of amides is 1. The number of nitrogens with zero attached hydrogens (tertiary/aromatic N) is 7. The summed E-state index contributed by atoms with van der Waals surface area (Å²) in [5, 5.41) is 14.8. The number of anilines is 2. The highest BCUT2D eigenvalue weighted by Gasteiger charge is 2.36. The van der Waals surface area contributed by atoms with Gasteiger partial charge in [0.15, 0.2) is 11.5 Å². The van der Waals surface area contributed by atoms with Crippen molar-refractivity contribution in [3.63, 3.8) is 0 Å². The fraction of sp³-hybridized carbons (Fsp3) is 0.400. The van der Waals surface area contributed by atoms with Crippen molar-refractivity contribution in [1.29, 1.82) is 0 Å². The lowest BCUT2D eigenvalue weighted by molar-refractivity contribution is -0.130. The number of hydrogen-bond donors (Lipinski definition) is 3. The average molecular weight is 454 g/mol. The van der Waals surface area contributed by atoms with E-state index in [-0.39, 0.29) is 30.7 Å². The van der Waals surface area contributed by atoms with Crippen LogP contribution in [-0.4, -0.2) is 71.1 Å². The Kier molecular flexibility index (Phi) is 5.31. The lowest BCUT2D eigenvalue weighted by Gasteiger charge is -2.17. The van der Waals surface area contributed by atoms with E-state index in [1.165, 1.54) is 17.5 Å². The largest absolute Gasteiger partial charge is 0.389 e. The molecular formula is C20H23N9O2S. The van der Waals surface area contributed by atoms with Crippen LogP contribution in [0.1, 0.15) is 24.3 Å². The van der Waals surface area contributed by atoms with Gasteiger partial charge in [-0.05, 0) is 12.5 Å². The number of carbonyl (C=O) groups is 1. The molecule has 5 heterocycles. The Balaban J connectivity index is 1.23. The van der Waals surface area contributed by atoms with Crippen LogP contribution in [0.3, 0.4) is 0 Å². The highest BCUT2D eigenvalue weighted by molar-refractivity contribution is 7.18. The van der Waals surface area contributed by atoms with E-state index in [1.54, 1.807) is 27.1 Å².